The van der Waals surface area contributed by atoms with Crippen LogP contribution in [0.1, 0.15) is 59.8 Å². The largest absolute Gasteiger partial charge is 0.460 e. The molecule has 32 heavy (non-hydrogen) atoms. The third-order valence-corrected chi connectivity index (χ3v) is 9.48. The molecular formula is C26H35ClO5. The summed E-state index contributed by atoms with van der Waals surface area (Å²) in [4.78, 5) is 37.8. The van der Waals surface area contributed by atoms with Crippen molar-refractivity contribution in [2.24, 2.45) is 40.4 Å². The van der Waals surface area contributed by atoms with Gasteiger partial charge in [-0.15, -0.1) is 11.6 Å². The molecule has 6 heteroatoms. The highest BCUT2D eigenvalue weighted by Crippen LogP contribution is 2.67. The maximum atomic E-state index is 13.2. The number of carbonyl (C=O) groups excluding carboxylic acids is 3. The third-order valence-electron chi connectivity index (χ3n) is 9.04. The Morgan fingerprint density at radius 2 is 2.03 bits per heavy atom. The second-order valence-corrected chi connectivity index (χ2v) is 11.5. The molecule has 9 atom stereocenters. The minimum absolute atomic E-state index is 0.00165. The zero-order valence-corrected chi connectivity index (χ0v) is 20.2. The number of hydrogen-bond acceptors (Lipinski definition) is 5. The molecule has 3 fully saturated rings. The Morgan fingerprint density at radius 3 is 2.72 bits per heavy atom. The van der Waals surface area contributed by atoms with E-state index in [0.29, 0.717) is 12.8 Å². The van der Waals surface area contributed by atoms with Gasteiger partial charge < -0.3 is 9.84 Å². The van der Waals surface area contributed by atoms with Gasteiger partial charge in [0.2, 0.25) is 5.78 Å². The number of esters is 1. The number of aliphatic hydroxyl groups excluding tert-OH is 1. The predicted octanol–water partition coefficient (Wildman–Crippen LogP) is 4.26. The molecule has 0 aromatic carbocycles. The topological polar surface area (TPSA) is 80.7 Å². The van der Waals surface area contributed by atoms with Crippen molar-refractivity contribution in [3.8, 4) is 0 Å². The van der Waals surface area contributed by atoms with Crippen LogP contribution in [0.3, 0.4) is 0 Å². The van der Waals surface area contributed by atoms with Crippen LogP contribution in [0.25, 0.3) is 0 Å². The number of unbranched alkanes of at least 4 members (excludes halogenated alkanes) is 1. The van der Waals surface area contributed by atoms with Crippen molar-refractivity contribution >= 4 is 29.1 Å². The summed E-state index contributed by atoms with van der Waals surface area (Å²) in [5.74, 6) is -1.70. The number of rotatable bonds is 5. The van der Waals surface area contributed by atoms with Crippen LogP contribution in [-0.2, 0) is 19.1 Å². The van der Waals surface area contributed by atoms with E-state index < -0.39 is 34.6 Å². The number of allylic oxidation sites excluding steroid dienone is 4. The van der Waals surface area contributed by atoms with E-state index in [1.807, 2.05) is 19.9 Å². The Morgan fingerprint density at radius 1 is 1.31 bits per heavy atom. The molecule has 0 saturated heterocycles. The lowest BCUT2D eigenvalue weighted by Gasteiger charge is -2.59. The highest BCUT2D eigenvalue weighted by atomic mass is 35.5. The monoisotopic (exact) mass is 462 g/mol. The summed E-state index contributed by atoms with van der Waals surface area (Å²) in [5.41, 5.74) is 0.0571. The van der Waals surface area contributed by atoms with Gasteiger partial charge in [0.25, 0.3) is 0 Å². The molecule has 4 aliphatic carbocycles. The van der Waals surface area contributed by atoms with E-state index in [1.165, 1.54) is 0 Å². The van der Waals surface area contributed by atoms with Gasteiger partial charge in [-0.05, 0) is 61.0 Å². The van der Waals surface area contributed by atoms with Crippen molar-refractivity contribution in [2.45, 2.75) is 71.3 Å². The number of ketones is 2. The van der Waals surface area contributed by atoms with Gasteiger partial charge in [-0.25, -0.2) is 4.79 Å². The highest BCUT2D eigenvalue weighted by Gasteiger charge is 2.66. The minimum Gasteiger partial charge on any atom is -0.460 e. The quantitative estimate of drug-likeness (QED) is 0.286. The molecule has 1 N–H and O–H groups in total. The van der Waals surface area contributed by atoms with Crippen molar-refractivity contribution < 1.29 is 24.2 Å². The first kappa shape index (κ1) is 23.7. The van der Waals surface area contributed by atoms with Crippen molar-refractivity contribution in [2.75, 3.05) is 6.61 Å². The molecule has 0 unspecified atom stereocenters. The molecule has 0 heterocycles. The van der Waals surface area contributed by atoms with E-state index in [-0.39, 0.29) is 41.4 Å². The van der Waals surface area contributed by atoms with Crippen LogP contribution in [0.5, 0.6) is 0 Å². The maximum absolute atomic E-state index is 13.2. The van der Waals surface area contributed by atoms with Crippen LogP contribution in [0.15, 0.2) is 23.8 Å². The summed E-state index contributed by atoms with van der Waals surface area (Å²) in [5, 5.41) is 11.2. The van der Waals surface area contributed by atoms with Crippen LogP contribution >= 0.6 is 11.6 Å². The summed E-state index contributed by atoms with van der Waals surface area (Å²) >= 11 is 6.97. The SMILES string of the molecule is CCCCOC(=O)C(=O)[C@H]1[C@H](C)C[C@H]2[C@H]3[C@H]([C@@H](O)C[C@@]21C)[C@@]1(C)C=CC(=O)C=C1C[C@H]3Cl. The number of carbonyl (C=O) groups is 3. The molecule has 4 aliphatic rings. The lowest BCUT2D eigenvalue weighted by atomic mass is 9.46. The summed E-state index contributed by atoms with van der Waals surface area (Å²) in [6.07, 6.45) is 8.02. The number of aliphatic hydroxyl groups is 1. The van der Waals surface area contributed by atoms with Gasteiger partial charge in [0.15, 0.2) is 5.78 Å². The van der Waals surface area contributed by atoms with Crippen LogP contribution < -0.4 is 0 Å². The lowest BCUT2D eigenvalue weighted by molar-refractivity contribution is -0.162. The number of alkyl halides is 1. The van der Waals surface area contributed by atoms with Crippen LogP contribution in [0.2, 0.25) is 0 Å². The molecular weight excluding hydrogens is 428 g/mol. The van der Waals surface area contributed by atoms with Crippen LogP contribution in [0.4, 0.5) is 0 Å². The smallest absolute Gasteiger partial charge is 0.374 e. The van der Waals surface area contributed by atoms with E-state index in [2.05, 4.69) is 13.8 Å². The van der Waals surface area contributed by atoms with Crippen molar-refractivity contribution in [1.29, 1.82) is 0 Å². The Balaban J connectivity index is 1.66. The normalized spacial score (nSPS) is 44.9. The zero-order valence-electron chi connectivity index (χ0n) is 19.5. The Labute approximate surface area is 195 Å². The van der Waals surface area contributed by atoms with Gasteiger partial charge >= 0.3 is 5.97 Å². The molecule has 0 aromatic rings. The van der Waals surface area contributed by atoms with Gasteiger partial charge in [-0.3, -0.25) is 9.59 Å². The molecule has 0 amide bonds. The van der Waals surface area contributed by atoms with E-state index in [1.54, 1.807) is 12.2 Å². The Hall–Kier alpha value is -1.46. The average molecular weight is 463 g/mol. The van der Waals surface area contributed by atoms with Gasteiger partial charge in [0.1, 0.15) is 0 Å². The number of hydrogen-bond donors (Lipinski definition) is 1. The molecule has 0 aromatic heterocycles. The molecule has 0 aliphatic heterocycles. The van der Waals surface area contributed by atoms with Crippen molar-refractivity contribution in [3.63, 3.8) is 0 Å². The van der Waals surface area contributed by atoms with E-state index in [0.717, 1.165) is 24.8 Å². The minimum atomic E-state index is -0.745. The van der Waals surface area contributed by atoms with E-state index in [9.17, 15) is 19.5 Å². The van der Waals surface area contributed by atoms with Crippen molar-refractivity contribution in [1.82, 2.24) is 0 Å². The summed E-state index contributed by atoms with van der Waals surface area (Å²) in [6.45, 7) is 8.45. The van der Waals surface area contributed by atoms with Gasteiger partial charge in [0.05, 0.1) is 12.7 Å². The van der Waals surface area contributed by atoms with Gasteiger partial charge in [-0.1, -0.05) is 45.8 Å². The molecule has 0 radical (unpaired) electrons. The zero-order chi connectivity index (χ0) is 23.4. The number of fused-ring (bicyclic) bond motifs is 5. The molecule has 4 rings (SSSR count). The van der Waals surface area contributed by atoms with Gasteiger partial charge in [0, 0.05) is 22.6 Å². The van der Waals surface area contributed by atoms with E-state index in [4.69, 9.17) is 16.3 Å². The average Bonchev–Trinajstić information content (AvgIpc) is 2.98. The number of ether oxygens (including phenoxy) is 1. The molecule has 0 bridgehead atoms. The third kappa shape index (κ3) is 3.51. The summed E-state index contributed by atoms with van der Waals surface area (Å²) in [7, 11) is 0. The second-order valence-electron chi connectivity index (χ2n) is 10.9. The van der Waals surface area contributed by atoms with Crippen LogP contribution in [0, 0.1) is 40.4 Å². The summed E-state index contributed by atoms with van der Waals surface area (Å²) < 4.78 is 5.26. The Bertz CT molecular complexity index is 877. The molecule has 0 spiro atoms. The number of halogens is 1. The summed E-state index contributed by atoms with van der Waals surface area (Å²) in [6, 6.07) is 0. The first-order valence-corrected chi connectivity index (χ1v) is 12.5. The van der Waals surface area contributed by atoms with Crippen molar-refractivity contribution in [3.05, 3.63) is 23.8 Å². The first-order chi connectivity index (χ1) is 15.0. The standard InChI is InChI=1S/C26H35ClO5/c1-5-6-9-32-24(31)23(30)21-14(2)10-17-20-18(27)12-15-11-16(28)7-8-25(15,3)22(20)19(29)13-26(17,21)4/h7-8,11,14,17-22,29H,5-6,9-10,12-13H2,1-4H3/t14-,17+,18-,19+,20-,21-,22+,25+,26+/m1/s1. The maximum Gasteiger partial charge on any atom is 0.374 e. The molecule has 176 valence electrons. The lowest BCUT2D eigenvalue weighted by Crippen LogP contribution is -2.59. The van der Waals surface area contributed by atoms with Gasteiger partial charge in [-0.2, -0.15) is 0 Å². The molecule has 5 nitrogen and oxygen atoms in total. The molecule has 3 saturated carbocycles. The Kier molecular flexibility index (Phi) is 6.21. The number of Topliss-reactive ketones (excluding diaryl/α,β-unsaturated/α-hetero) is 1. The fourth-order valence-corrected chi connectivity index (χ4v) is 8.17. The first-order valence-electron chi connectivity index (χ1n) is 12.0. The van der Waals surface area contributed by atoms with Crippen LogP contribution in [-0.4, -0.2) is 40.7 Å². The highest BCUT2D eigenvalue weighted by molar-refractivity contribution is 6.34. The van der Waals surface area contributed by atoms with E-state index >= 15 is 0 Å². The predicted molar refractivity (Wildman–Crippen MR) is 122 cm³/mol. The fraction of sp³-hybridized carbons (Fsp3) is 0.731. The second kappa shape index (κ2) is 8.39. The fourth-order valence-electron chi connectivity index (χ4n) is 7.68.